The number of nitrogens with zero attached hydrogens (tertiary/aromatic N) is 6. The Kier molecular flexibility index (Phi) is 11.2. The second-order valence-corrected chi connectivity index (χ2v) is 18.0. The van der Waals surface area contributed by atoms with E-state index < -0.39 is 29.0 Å². The summed E-state index contributed by atoms with van der Waals surface area (Å²) in [6, 6.07) is 8.98. The van der Waals surface area contributed by atoms with E-state index in [4.69, 9.17) is 24.2 Å². The number of piperazine rings is 1. The highest BCUT2D eigenvalue weighted by molar-refractivity contribution is 7.10. The number of hydrogen-bond donors (Lipinski definition) is 2. The summed E-state index contributed by atoms with van der Waals surface area (Å²) in [5.41, 5.74) is 8.44. The minimum absolute atomic E-state index is 0.122. The van der Waals surface area contributed by atoms with Gasteiger partial charge in [-0.25, -0.2) is 10.4 Å². The molecule has 8 rings (SSSR count). The van der Waals surface area contributed by atoms with E-state index in [1.165, 1.54) is 16.3 Å². The molecule has 2 amide bonds. The van der Waals surface area contributed by atoms with Crippen LogP contribution in [0.1, 0.15) is 62.9 Å². The van der Waals surface area contributed by atoms with E-state index in [1.807, 2.05) is 30.3 Å². The maximum atomic E-state index is 14.7. The van der Waals surface area contributed by atoms with Crippen molar-refractivity contribution in [3.05, 3.63) is 58.2 Å². The summed E-state index contributed by atoms with van der Waals surface area (Å²) >= 11 is 1.49. The van der Waals surface area contributed by atoms with Gasteiger partial charge in [0.25, 0.3) is 5.91 Å². The Morgan fingerprint density at radius 3 is 2.74 bits per heavy atom. The number of benzene rings is 1. The Bertz CT molecular complexity index is 2200. The van der Waals surface area contributed by atoms with Crippen molar-refractivity contribution < 1.29 is 28.6 Å². The average molecular weight is 813 g/mol. The van der Waals surface area contributed by atoms with Gasteiger partial charge in [0.2, 0.25) is 5.91 Å². The number of fused-ring (bicyclic) bond motifs is 6. The number of esters is 1. The third-order valence-corrected chi connectivity index (χ3v) is 13.2. The first-order valence-corrected chi connectivity index (χ1v) is 21.3. The number of methoxy groups -OCH3 is 2. The number of likely N-dealkylation sites (N-methyl/N-ethyl adjacent to an activating group) is 1. The molecule has 4 aliphatic heterocycles. The van der Waals surface area contributed by atoms with E-state index in [2.05, 4.69) is 65.2 Å². The lowest BCUT2D eigenvalue weighted by atomic mass is 9.84. The molecular weight excluding hydrogens is 757 g/mol. The van der Waals surface area contributed by atoms with Gasteiger partial charge in [0, 0.05) is 92.4 Å². The highest BCUT2D eigenvalue weighted by atomic mass is 32.1. The number of ether oxygens (including phenoxy) is 3. The van der Waals surface area contributed by atoms with Crippen LogP contribution in [0.25, 0.3) is 33.4 Å². The summed E-state index contributed by atoms with van der Waals surface area (Å²) in [5, 5.41) is 8.78. The fraction of sp³-hybridized carbons (Fsp3) is 0.558. The maximum absolute atomic E-state index is 14.7. The average Bonchev–Trinajstić information content (AvgIpc) is 3.62. The molecule has 7 heterocycles. The van der Waals surface area contributed by atoms with Crippen LogP contribution in [0, 0.1) is 5.41 Å². The predicted molar refractivity (Wildman–Crippen MR) is 222 cm³/mol. The molecule has 310 valence electrons. The van der Waals surface area contributed by atoms with Gasteiger partial charge in [-0.1, -0.05) is 19.9 Å². The SMILES string of the molecule is CCn1c(-c2cccnc2[C@H](C)OC)c2c3cc(ccc31)-c1csc(n1)C[C@@]1(N[C@@H]1C(=O)N1CCN(C)C[C@@H]1COC)C(=O)N1CCC[C@H](N1)C(=O)OCC(C)(C)C2. The van der Waals surface area contributed by atoms with Crippen molar-refractivity contribution >= 4 is 40.0 Å². The predicted octanol–water partition coefficient (Wildman–Crippen LogP) is 4.22. The Balaban J connectivity index is 1.23. The molecule has 4 aromatic rings. The minimum Gasteiger partial charge on any atom is -0.464 e. The molecule has 15 heteroatoms. The molecule has 3 saturated heterocycles. The molecule has 0 saturated carbocycles. The van der Waals surface area contributed by atoms with Gasteiger partial charge >= 0.3 is 5.97 Å². The van der Waals surface area contributed by atoms with Crippen LogP contribution in [-0.2, 0) is 48.0 Å². The van der Waals surface area contributed by atoms with Crippen LogP contribution < -0.4 is 10.7 Å². The lowest BCUT2D eigenvalue weighted by molar-refractivity contribution is -0.155. The lowest BCUT2D eigenvalue weighted by Crippen LogP contribution is -2.61. The fourth-order valence-electron chi connectivity index (χ4n) is 9.16. The molecular formula is C43H56N8O6S. The van der Waals surface area contributed by atoms with Gasteiger partial charge in [0.05, 0.1) is 47.4 Å². The van der Waals surface area contributed by atoms with Crippen LogP contribution in [0.15, 0.2) is 41.9 Å². The van der Waals surface area contributed by atoms with Gasteiger partial charge < -0.3 is 28.6 Å². The summed E-state index contributed by atoms with van der Waals surface area (Å²) in [7, 11) is 5.38. The summed E-state index contributed by atoms with van der Waals surface area (Å²) in [5.74, 6) is -0.789. The van der Waals surface area contributed by atoms with Crippen molar-refractivity contribution in [1.29, 1.82) is 0 Å². The molecule has 0 unspecified atom stereocenters. The molecule has 14 nitrogen and oxygen atoms in total. The number of aryl methyl sites for hydroxylation is 1. The number of rotatable bonds is 7. The van der Waals surface area contributed by atoms with Crippen molar-refractivity contribution in [1.82, 2.24) is 40.1 Å². The van der Waals surface area contributed by atoms with Crippen LogP contribution in [0.3, 0.4) is 0 Å². The molecule has 6 bridgehead atoms. The summed E-state index contributed by atoms with van der Waals surface area (Å²) in [4.78, 5) is 57.0. The Morgan fingerprint density at radius 1 is 1.14 bits per heavy atom. The normalized spacial score (nSPS) is 25.8. The van der Waals surface area contributed by atoms with Gasteiger partial charge in [-0.2, -0.15) is 0 Å². The molecule has 58 heavy (non-hydrogen) atoms. The molecule has 0 aliphatic carbocycles. The molecule has 4 aliphatic rings. The zero-order valence-corrected chi connectivity index (χ0v) is 35.5. The summed E-state index contributed by atoms with van der Waals surface area (Å²) in [6.45, 7) is 12.1. The first kappa shape index (κ1) is 40.5. The van der Waals surface area contributed by atoms with Crippen molar-refractivity contribution in [2.24, 2.45) is 5.41 Å². The second kappa shape index (κ2) is 16.1. The lowest BCUT2D eigenvalue weighted by Gasteiger charge is -2.40. The number of hydrogen-bond acceptors (Lipinski definition) is 12. The maximum Gasteiger partial charge on any atom is 0.324 e. The monoisotopic (exact) mass is 812 g/mol. The second-order valence-electron chi connectivity index (χ2n) is 17.1. The van der Waals surface area contributed by atoms with Crippen molar-refractivity contribution in [3.63, 3.8) is 0 Å². The number of thiazole rings is 1. The van der Waals surface area contributed by atoms with E-state index in [0.29, 0.717) is 45.5 Å². The van der Waals surface area contributed by atoms with Crippen molar-refractivity contribution in [2.75, 3.05) is 60.7 Å². The first-order chi connectivity index (χ1) is 27.9. The number of aromatic nitrogens is 3. The Hall–Kier alpha value is -4.25. The van der Waals surface area contributed by atoms with E-state index >= 15 is 0 Å². The van der Waals surface area contributed by atoms with E-state index in [1.54, 1.807) is 20.4 Å². The quantitative estimate of drug-likeness (QED) is 0.204. The molecule has 1 aromatic carbocycles. The van der Waals surface area contributed by atoms with Crippen molar-refractivity contribution in [2.45, 2.75) is 89.7 Å². The molecule has 5 atom stereocenters. The zero-order chi connectivity index (χ0) is 40.9. The summed E-state index contributed by atoms with van der Waals surface area (Å²) < 4.78 is 19.8. The standard InChI is InChI=1S/C43H56N8O6S/c1-8-49-34-14-13-27-19-30(34)31(37(49)29-11-9-15-44-36(29)26(2)56-7)20-42(3,4)25-57-40(53)32-12-10-16-51(47-32)41(54)43(21-35-45-33(27)24-58-35)38(46-43)39(52)50-18-17-48(5)22-28(50)23-55-6/h9,11,13-15,19,24,26,28,32,38,46-47H,8,10,12,16-18,20-23,25H2,1-7H3/t26-,28+,32-,38+,43-/m0/s1. The molecule has 0 radical (unpaired) electrons. The van der Waals surface area contributed by atoms with Gasteiger partial charge in [-0.15, -0.1) is 11.3 Å². The van der Waals surface area contributed by atoms with E-state index in [9.17, 15) is 14.4 Å². The third kappa shape index (κ3) is 7.45. The van der Waals surface area contributed by atoms with Crippen LogP contribution in [0.5, 0.6) is 0 Å². The molecule has 1 spiro atoms. The highest BCUT2D eigenvalue weighted by Gasteiger charge is 2.66. The summed E-state index contributed by atoms with van der Waals surface area (Å²) in [6.07, 6.45) is 3.56. The zero-order valence-electron chi connectivity index (χ0n) is 34.7. The Morgan fingerprint density at radius 2 is 1.97 bits per heavy atom. The molecule has 3 aromatic heterocycles. The smallest absolute Gasteiger partial charge is 0.324 e. The van der Waals surface area contributed by atoms with Crippen LogP contribution in [-0.4, -0.2) is 131 Å². The van der Waals surface area contributed by atoms with Crippen LogP contribution in [0.2, 0.25) is 0 Å². The topological polar surface area (TPSA) is 153 Å². The van der Waals surface area contributed by atoms with Gasteiger partial charge in [-0.3, -0.25) is 29.7 Å². The number of hydrazine groups is 1. The number of carbonyl (C=O) groups excluding carboxylic acids is 3. The van der Waals surface area contributed by atoms with E-state index in [0.717, 1.165) is 62.8 Å². The first-order valence-electron chi connectivity index (χ1n) is 20.5. The highest BCUT2D eigenvalue weighted by Crippen LogP contribution is 2.43. The number of amides is 2. The largest absolute Gasteiger partial charge is 0.464 e. The van der Waals surface area contributed by atoms with Gasteiger partial charge in [0.15, 0.2) is 0 Å². The van der Waals surface area contributed by atoms with E-state index in [-0.39, 0.29) is 37.0 Å². The number of pyridine rings is 1. The van der Waals surface area contributed by atoms with Gasteiger partial charge in [0.1, 0.15) is 17.6 Å². The molecule has 2 N–H and O–H groups in total. The molecule has 3 fully saturated rings. The number of carbonyl (C=O) groups is 3. The van der Waals surface area contributed by atoms with Crippen molar-refractivity contribution in [3.8, 4) is 22.5 Å². The fourth-order valence-corrected chi connectivity index (χ4v) is 10.1. The van der Waals surface area contributed by atoms with Crippen LogP contribution in [0.4, 0.5) is 0 Å². The minimum atomic E-state index is -1.23. The van der Waals surface area contributed by atoms with Gasteiger partial charge in [-0.05, 0) is 70.0 Å². The number of nitrogens with one attached hydrogen (secondary N) is 2. The number of cyclic esters (lactones) is 1. The third-order valence-electron chi connectivity index (χ3n) is 12.3. The van der Waals surface area contributed by atoms with Crippen LogP contribution >= 0.6 is 11.3 Å². The Labute approximate surface area is 344 Å².